The Morgan fingerprint density at radius 3 is 2.52 bits per heavy atom. The summed E-state index contributed by atoms with van der Waals surface area (Å²) in [5.74, 6) is 1.79. The Labute approximate surface area is 178 Å². The lowest BCUT2D eigenvalue weighted by Gasteiger charge is -2.32. The van der Waals surface area contributed by atoms with Crippen LogP contribution >= 0.6 is 24.0 Å². The van der Waals surface area contributed by atoms with Crippen molar-refractivity contribution in [2.24, 2.45) is 4.99 Å². The van der Waals surface area contributed by atoms with Gasteiger partial charge in [-0.1, -0.05) is 36.4 Å². The first-order valence-electron chi connectivity index (χ1n) is 9.04. The van der Waals surface area contributed by atoms with Crippen molar-refractivity contribution in [2.75, 3.05) is 31.6 Å². The first-order chi connectivity index (χ1) is 12.7. The Morgan fingerprint density at radius 1 is 1.15 bits per heavy atom. The van der Waals surface area contributed by atoms with Crippen molar-refractivity contribution in [3.63, 3.8) is 0 Å². The number of nitrogens with zero attached hydrogens (tertiary/aromatic N) is 3. The largest absolute Gasteiger partial charge is 0.375 e. The topological polar surface area (TPSA) is 61.8 Å². The fourth-order valence-corrected chi connectivity index (χ4v) is 2.92. The molecule has 2 aromatic rings. The first-order valence-corrected chi connectivity index (χ1v) is 9.04. The van der Waals surface area contributed by atoms with Gasteiger partial charge < -0.3 is 20.3 Å². The van der Waals surface area contributed by atoms with Crippen LogP contribution in [0.1, 0.15) is 18.1 Å². The second kappa shape index (κ2) is 11.1. The van der Waals surface area contributed by atoms with Gasteiger partial charge in [-0.3, -0.25) is 4.99 Å². The molecule has 1 saturated heterocycles. The molecule has 1 aliphatic heterocycles. The third-order valence-corrected chi connectivity index (χ3v) is 4.36. The van der Waals surface area contributed by atoms with E-state index in [-0.39, 0.29) is 30.1 Å². The number of hydrogen-bond acceptors (Lipinski definition) is 4. The Kier molecular flexibility index (Phi) is 8.80. The first kappa shape index (κ1) is 21.4. The van der Waals surface area contributed by atoms with E-state index in [1.54, 1.807) is 7.05 Å². The molecule has 1 aromatic heterocycles. The Hall–Kier alpha value is -1.87. The lowest BCUT2D eigenvalue weighted by atomic mass is 10.2. The highest BCUT2D eigenvalue weighted by Gasteiger charge is 2.17. The smallest absolute Gasteiger partial charge is 0.191 e. The molecule has 0 saturated carbocycles. The molecule has 0 aliphatic carbocycles. The van der Waals surface area contributed by atoms with E-state index in [4.69, 9.17) is 4.74 Å². The number of anilines is 1. The molecule has 1 atom stereocenters. The molecular formula is C20H28IN5O. The van der Waals surface area contributed by atoms with Gasteiger partial charge in [0, 0.05) is 39.4 Å². The molecule has 0 radical (unpaired) electrons. The quantitative estimate of drug-likeness (QED) is 0.391. The second-order valence-electron chi connectivity index (χ2n) is 6.42. The summed E-state index contributed by atoms with van der Waals surface area (Å²) < 4.78 is 5.59. The van der Waals surface area contributed by atoms with E-state index < -0.39 is 0 Å². The van der Waals surface area contributed by atoms with Gasteiger partial charge in [0.15, 0.2) is 5.96 Å². The van der Waals surface area contributed by atoms with Crippen LogP contribution in [0.5, 0.6) is 0 Å². The normalized spacial score (nSPS) is 17.2. The number of halogens is 1. The molecule has 1 fully saturated rings. The van der Waals surface area contributed by atoms with Crippen LogP contribution in [-0.2, 0) is 17.8 Å². The molecule has 1 aliphatic rings. The molecule has 6 nitrogen and oxygen atoms in total. The fourth-order valence-electron chi connectivity index (χ4n) is 2.92. The van der Waals surface area contributed by atoms with Crippen molar-refractivity contribution in [2.45, 2.75) is 26.1 Å². The maximum Gasteiger partial charge on any atom is 0.191 e. The summed E-state index contributed by atoms with van der Waals surface area (Å²) >= 11 is 0. The number of rotatable bonds is 5. The van der Waals surface area contributed by atoms with E-state index in [0.29, 0.717) is 6.54 Å². The van der Waals surface area contributed by atoms with E-state index in [1.165, 1.54) is 5.56 Å². The number of nitrogens with one attached hydrogen (secondary N) is 2. The van der Waals surface area contributed by atoms with E-state index in [0.717, 1.165) is 43.6 Å². The number of pyridine rings is 1. The van der Waals surface area contributed by atoms with Gasteiger partial charge in [-0.15, -0.1) is 24.0 Å². The molecule has 2 N–H and O–H groups in total. The van der Waals surface area contributed by atoms with E-state index in [9.17, 15) is 0 Å². The molecule has 27 heavy (non-hydrogen) atoms. The monoisotopic (exact) mass is 481 g/mol. The van der Waals surface area contributed by atoms with Gasteiger partial charge in [-0.25, -0.2) is 4.98 Å². The number of ether oxygens (including phenoxy) is 1. The Morgan fingerprint density at radius 2 is 1.89 bits per heavy atom. The van der Waals surface area contributed by atoms with Crippen molar-refractivity contribution in [1.82, 2.24) is 15.6 Å². The predicted molar refractivity (Wildman–Crippen MR) is 121 cm³/mol. The van der Waals surface area contributed by atoms with Crippen molar-refractivity contribution in [3.8, 4) is 0 Å². The number of benzene rings is 1. The van der Waals surface area contributed by atoms with E-state index in [2.05, 4.69) is 56.7 Å². The van der Waals surface area contributed by atoms with Crippen LogP contribution in [-0.4, -0.2) is 43.8 Å². The standard InChI is InChI=1S/C20H27N5O.HI/c1-16-15-25(10-11-26-16)19-9-8-18(13-22-19)14-24-20(21-2)23-12-17-6-4-3-5-7-17;/h3-9,13,16H,10-12,14-15H2,1-2H3,(H2,21,23,24);1H. The maximum absolute atomic E-state index is 5.59. The molecule has 0 amide bonds. The highest BCUT2D eigenvalue weighted by Crippen LogP contribution is 2.15. The van der Waals surface area contributed by atoms with Crippen LogP contribution in [0.3, 0.4) is 0 Å². The minimum absolute atomic E-state index is 0. The molecule has 0 bridgehead atoms. The maximum atomic E-state index is 5.59. The van der Waals surface area contributed by atoms with E-state index in [1.807, 2.05) is 24.4 Å². The van der Waals surface area contributed by atoms with Crippen molar-refractivity contribution in [3.05, 3.63) is 59.8 Å². The summed E-state index contributed by atoms with van der Waals surface area (Å²) in [6, 6.07) is 14.5. The predicted octanol–water partition coefficient (Wildman–Crippen LogP) is 2.79. The summed E-state index contributed by atoms with van der Waals surface area (Å²) in [5, 5.41) is 6.65. The lowest BCUT2D eigenvalue weighted by Crippen LogP contribution is -2.41. The van der Waals surface area contributed by atoms with Crippen LogP contribution in [0.2, 0.25) is 0 Å². The zero-order valence-corrected chi connectivity index (χ0v) is 18.2. The van der Waals surface area contributed by atoms with Gasteiger partial charge in [0.2, 0.25) is 0 Å². The summed E-state index contributed by atoms with van der Waals surface area (Å²) in [6.07, 6.45) is 2.18. The minimum atomic E-state index is 0. The summed E-state index contributed by atoms with van der Waals surface area (Å²) in [6.45, 7) is 6.06. The molecule has 1 aromatic carbocycles. The number of aromatic nitrogens is 1. The Balaban J connectivity index is 0.00000261. The third-order valence-electron chi connectivity index (χ3n) is 4.36. The highest BCUT2D eigenvalue weighted by molar-refractivity contribution is 14.0. The van der Waals surface area contributed by atoms with Gasteiger partial charge in [0.1, 0.15) is 5.82 Å². The molecule has 146 valence electrons. The lowest BCUT2D eigenvalue weighted by molar-refractivity contribution is 0.0529. The third kappa shape index (κ3) is 6.66. The summed E-state index contributed by atoms with van der Waals surface area (Å²) in [7, 11) is 1.78. The van der Waals surface area contributed by atoms with Crippen LogP contribution in [0.15, 0.2) is 53.7 Å². The number of hydrogen-bond donors (Lipinski definition) is 2. The SMILES string of the molecule is CN=C(NCc1ccccc1)NCc1ccc(N2CCOC(C)C2)nc1.I. The molecule has 1 unspecified atom stereocenters. The van der Waals surface area contributed by atoms with Gasteiger partial charge in [-0.2, -0.15) is 0 Å². The zero-order valence-electron chi connectivity index (χ0n) is 15.9. The summed E-state index contributed by atoms with van der Waals surface area (Å²) in [5.41, 5.74) is 2.35. The minimum Gasteiger partial charge on any atom is -0.375 e. The second-order valence-corrected chi connectivity index (χ2v) is 6.42. The van der Waals surface area contributed by atoms with Crippen LogP contribution < -0.4 is 15.5 Å². The number of morpholine rings is 1. The summed E-state index contributed by atoms with van der Waals surface area (Å²) in [4.78, 5) is 11.1. The molecule has 0 spiro atoms. The van der Waals surface area contributed by atoms with Crippen LogP contribution in [0.4, 0.5) is 5.82 Å². The number of guanidine groups is 1. The van der Waals surface area contributed by atoms with Crippen LogP contribution in [0, 0.1) is 0 Å². The molecule has 7 heteroatoms. The van der Waals surface area contributed by atoms with E-state index >= 15 is 0 Å². The zero-order chi connectivity index (χ0) is 18.2. The van der Waals surface area contributed by atoms with Gasteiger partial charge in [-0.05, 0) is 24.1 Å². The van der Waals surface area contributed by atoms with Gasteiger partial charge in [0.25, 0.3) is 0 Å². The van der Waals surface area contributed by atoms with Crippen LogP contribution in [0.25, 0.3) is 0 Å². The van der Waals surface area contributed by atoms with Crippen molar-refractivity contribution >= 4 is 35.8 Å². The molecule has 3 rings (SSSR count). The Bertz CT molecular complexity index is 708. The van der Waals surface area contributed by atoms with Crippen molar-refractivity contribution < 1.29 is 4.74 Å². The number of aliphatic imine (C=N–C) groups is 1. The molecule has 2 heterocycles. The van der Waals surface area contributed by atoms with Gasteiger partial charge in [0.05, 0.1) is 12.7 Å². The van der Waals surface area contributed by atoms with Gasteiger partial charge >= 0.3 is 0 Å². The average molecular weight is 481 g/mol. The van der Waals surface area contributed by atoms with Crippen molar-refractivity contribution in [1.29, 1.82) is 0 Å². The molecular weight excluding hydrogens is 453 g/mol. The fraction of sp³-hybridized carbons (Fsp3) is 0.400. The average Bonchev–Trinajstić information content (AvgIpc) is 2.69. The highest BCUT2D eigenvalue weighted by atomic mass is 127.